The summed E-state index contributed by atoms with van der Waals surface area (Å²) in [6.45, 7) is 0.751. The van der Waals surface area contributed by atoms with Gasteiger partial charge >= 0.3 is 0 Å². The number of ketones is 1. The fourth-order valence-corrected chi connectivity index (χ4v) is 2.36. The molecule has 0 aromatic rings. The molecule has 1 heterocycles. The lowest BCUT2D eigenvalue weighted by atomic mass is 10.1. The largest absolute Gasteiger partial charge is 0.378 e. The number of carbonyl (C=O) groups excluding carboxylic acids is 1. The maximum atomic E-state index is 11.4. The lowest BCUT2D eigenvalue weighted by molar-refractivity contribution is -0.121. The second-order valence-electron chi connectivity index (χ2n) is 4.11. The number of sulfone groups is 1. The molecule has 0 radical (unpaired) electrons. The van der Waals surface area contributed by atoms with E-state index in [9.17, 15) is 13.2 Å². The van der Waals surface area contributed by atoms with Gasteiger partial charge in [0.1, 0.15) is 15.6 Å². The third-order valence-corrected chi connectivity index (χ3v) is 3.48. The van der Waals surface area contributed by atoms with E-state index in [4.69, 9.17) is 4.74 Å². The van der Waals surface area contributed by atoms with Crippen LogP contribution >= 0.6 is 0 Å². The van der Waals surface area contributed by atoms with Crippen molar-refractivity contribution in [1.29, 1.82) is 0 Å². The number of rotatable bonds is 6. The van der Waals surface area contributed by atoms with Crippen LogP contribution in [0.25, 0.3) is 0 Å². The van der Waals surface area contributed by atoms with Crippen molar-refractivity contribution in [1.82, 2.24) is 0 Å². The first-order valence-electron chi connectivity index (χ1n) is 5.28. The quantitative estimate of drug-likeness (QED) is 0.686. The van der Waals surface area contributed by atoms with Crippen molar-refractivity contribution in [3.63, 3.8) is 0 Å². The maximum Gasteiger partial charge on any atom is 0.147 e. The van der Waals surface area contributed by atoms with E-state index in [1.807, 2.05) is 0 Å². The van der Waals surface area contributed by atoms with Gasteiger partial charge in [0.15, 0.2) is 0 Å². The fraction of sp³-hybridized carbons (Fsp3) is 0.900. The van der Waals surface area contributed by atoms with E-state index in [1.54, 1.807) is 0 Å². The van der Waals surface area contributed by atoms with Gasteiger partial charge in [0.25, 0.3) is 0 Å². The van der Waals surface area contributed by atoms with Crippen LogP contribution in [-0.4, -0.2) is 38.9 Å². The van der Waals surface area contributed by atoms with Crippen LogP contribution in [0.1, 0.15) is 32.1 Å². The molecule has 1 unspecified atom stereocenters. The van der Waals surface area contributed by atoms with E-state index in [0.717, 1.165) is 19.4 Å². The van der Waals surface area contributed by atoms with E-state index in [2.05, 4.69) is 0 Å². The van der Waals surface area contributed by atoms with E-state index in [-0.39, 0.29) is 17.6 Å². The SMILES string of the molecule is CS(=O)(=O)CCCC(=O)CC1CCCO1. The van der Waals surface area contributed by atoms with Crippen molar-refractivity contribution >= 4 is 15.6 Å². The molecule has 1 aliphatic rings. The summed E-state index contributed by atoms with van der Waals surface area (Å²) >= 11 is 0. The van der Waals surface area contributed by atoms with Crippen LogP contribution < -0.4 is 0 Å². The Morgan fingerprint density at radius 1 is 1.47 bits per heavy atom. The van der Waals surface area contributed by atoms with Crippen molar-refractivity contribution in [3.05, 3.63) is 0 Å². The topological polar surface area (TPSA) is 60.4 Å². The summed E-state index contributed by atoms with van der Waals surface area (Å²) in [5.41, 5.74) is 0. The fourth-order valence-electron chi connectivity index (χ4n) is 1.69. The molecule has 0 saturated carbocycles. The zero-order valence-corrected chi connectivity index (χ0v) is 9.88. The van der Waals surface area contributed by atoms with Crippen LogP contribution in [0.5, 0.6) is 0 Å². The third-order valence-electron chi connectivity index (χ3n) is 2.45. The maximum absolute atomic E-state index is 11.4. The molecule has 15 heavy (non-hydrogen) atoms. The Morgan fingerprint density at radius 3 is 2.73 bits per heavy atom. The normalized spacial score (nSPS) is 21.8. The van der Waals surface area contributed by atoms with Crippen LogP contribution in [0, 0.1) is 0 Å². The molecule has 1 rings (SSSR count). The second kappa shape index (κ2) is 5.61. The van der Waals surface area contributed by atoms with Gasteiger partial charge in [-0.25, -0.2) is 8.42 Å². The Kier molecular flexibility index (Phi) is 4.73. The van der Waals surface area contributed by atoms with E-state index >= 15 is 0 Å². The minimum atomic E-state index is -2.93. The van der Waals surface area contributed by atoms with Gasteiger partial charge in [0.2, 0.25) is 0 Å². The molecule has 1 aliphatic heterocycles. The number of carbonyl (C=O) groups is 1. The molecule has 0 bridgehead atoms. The summed E-state index contributed by atoms with van der Waals surface area (Å²) < 4.78 is 27.0. The predicted octanol–water partition coefficient (Wildman–Crippen LogP) is 0.949. The zero-order chi connectivity index (χ0) is 11.3. The van der Waals surface area contributed by atoms with E-state index in [0.29, 0.717) is 19.3 Å². The van der Waals surface area contributed by atoms with Crippen molar-refractivity contribution in [2.45, 2.75) is 38.2 Å². The van der Waals surface area contributed by atoms with Gasteiger partial charge in [-0.3, -0.25) is 4.79 Å². The molecule has 0 aromatic carbocycles. The van der Waals surface area contributed by atoms with Crippen molar-refractivity contribution in [2.24, 2.45) is 0 Å². The Bertz CT molecular complexity index is 301. The molecule has 1 atom stereocenters. The van der Waals surface area contributed by atoms with Crippen LogP contribution in [0.15, 0.2) is 0 Å². The highest BCUT2D eigenvalue weighted by Crippen LogP contribution is 2.16. The molecule has 0 aliphatic carbocycles. The van der Waals surface area contributed by atoms with Gasteiger partial charge in [0.05, 0.1) is 11.9 Å². The summed E-state index contributed by atoms with van der Waals surface area (Å²) in [7, 11) is -2.93. The first-order chi connectivity index (χ1) is 6.97. The Balaban J connectivity index is 2.13. The van der Waals surface area contributed by atoms with Gasteiger partial charge in [-0.05, 0) is 19.3 Å². The zero-order valence-electron chi connectivity index (χ0n) is 9.07. The summed E-state index contributed by atoms with van der Waals surface area (Å²) in [5, 5.41) is 0. The summed E-state index contributed by atoms with van der Waals surface area (Å²) in [6.07, 6.45) is 4.49. The molecule has 0 spiro atoms. The molecule has 88 valence electrons. The minimum Gasteiger partial charge on any atom is -0.378 e. The van der Waals surface area contributed by atoms with Gasteiger partial charge in [-0.2, -0.15) is 0 Å². The summed E-state index contributed by atoms with van der Waals surface area (Å²) in [4.78, 5) is 11.4. The van der Waals surface area contributed by atoms with Gasteiger partial charge in [-0.15, -0.1) is 0 Å². The number of ether oxygens (including phenoxy) is 1. The van der Waals surface area contributed by atoms with Gasteiger partial charge < -0.3 is 4.74 Å². The lowest BCUT2D eigenvalue weighted by Gasteiger charge is -2.07. The second-order valence-corrected chi connectivity index (χ2v) is 6.37. The molecule has 0 aromatic heterocycles. The first kappa shape index (κ1) is 12.6. The standard InChI is InChI=1S/C10H18O4S/c1-15(12,13)7-3-4-9(11)8-10-5-2-6-14-10/h10H,2-8H2,1H3. The average Bonchev–Trinajstić information content (AvgIpc) is 2.54. The number of hydrogen-bond donors (Lipinski definition) is 0. The highest BCUT2D eigenvalue weighted by Gasteiger charge is 2.18. The van der Waals surface area contributed by atoms with Crippen LogP contribution in [0.4, 0.5) is 0 Å². The molecule has 1 fully saturated rings. The van der Waals surface area contributed by atoms with Gasteiger partial charge in [0, 0.05) is 25.7 Å². The summed E-state index contributed by atoms with van der Waals surface area (Å²) in [5.74, 6) is 0.218. The molecule has 5 heteroatoms. The average molecular weight is 234 g/mol. The lowest BCUT2D eigenvalue weighted by Crippen LogP contribution is -2.13. The molecule has 0 amide bonds. The summed E-state index contributed by atoms with van der Waals surface area (Å²) in [6, 6.07) is 0. The Labute approximate surface area is 90.9 Å². The molecule has 1 saturated heterocycles. The number of hydrogen-bond acceptors (Lipinski definition) is 4. The van der Waals surface area contributed by atoms with Gasteiger partial charge in [-0.1, -0.05) is 0 Å². The smallest absolute Gasteiger partial charge is 0.147 e. The van der Waals surface area contributed by atoms with Crippen LogP contribution in [0.2, 0.25) is 0 Å². The predicted molar refractivity (Wildman–Crippen MR) is 57.5 cm³/mol. The monoisotopic (exact) mass is 234 g/mol. The minimum absolute atomic E-state index is 0.0794. The van der Waals surface area contributed by atoms with Crippen molar-refractivity contribution in [2.75, 3.05) is 18.6 Å². The van der Waals surface area contributed by atoms with Crippen molar-refractivity contribution < 1.29 is 17.9 Å². The van der Waals surface area contributed by atoms with Crippen LogP contribution in [-0.2, 0) is 19.4 Å². The number of Topliss-reactive ketones (excluding diaryl/α,β-unsaturated/α-hetero) is 1. The highest BCUT2D eigenvalue weighted by molar-refractivity contribution is 7.90. The van der Waals surface area contributed by atoms with Crippen LogP contribution in [0.3, 0.4) is 0 Å². The molecule has 4 nitrogen and oxygen atoms in total. The Hall–Kier alpha value is -0.420. The van der Waals surface area contributed by atoms with E-state index < -0.39 is 9.84 Å². The first-order valence-corrected chi connectivity index (χ1v) is 7.34. The molecular formula is C10H18O4S. The third kappa shape index (κ3) is 5.89. The molecular weight excluding hydrogens is 216 g/mol. The highest BCUT2D eigenvalue weighted by atomic mass is 32.2. The van der Waals surface area contributed by atoms with Crippen molar-refractivity contribution in [3.8, 4) is 0 Å². The molecule has 0 N–H and O–H groups in total. The Morgan fingerprint density at radius 2 is 2.20 bits per heavy atom. The van der Waals surface area contributed by atoms with E-state index in [1.165, 1.54) is 6.26 Å².